The minimum atomic E-state index is -0.222. The monoisotopic (exact) mass is 407 g/mol. The van der Waals surface area contributed by atoms with Gasteiger partial charge in [0, 0.05) is 23.1 Å². The Hall–Kier alpha value is -3.32. The lowest BCUT2D eigenvalue weighted by Gasteiger charge is -2.01. The van der Waals surface area contributed by atoms with E-state index in [1.54, 1.807) is 19.2 Å². The number of carbonyl (C=O) groups is 1. The molecule has 0 radical (unpaired) electrons. The molecule has 0 saturated heterocycles. The van der Waals surface area contributed by atoms with Gasteiger partial charge in [-0.2, -0.15) is 0 Å². The summed E-state index contributed by atoms with van der Waals surface area (Å²) in [5.41, 5.74) is 2.89. The van der Waals surface area contributed by atoms with E-state index >= 15 is 0 Å². The maximum absolute atomic E-state index is 13.7. The molecule has 0 aliphatic carbocycles. The molecule has 0 bridgehead atoms. The standard InChI is InChI=1S/C22H18FN3O2S/c1-14-7-8-15(10-19(14)23)9-18-12-24-22(29-18)26-20(27)11-17-13-28-21(25-17)16-5-3-2-4-6-16/h2-8,10,12-13H,9,11H2,1H3,(H,24,26,27). The Morgan fingerprint density at radius 3 is 2.83 bits per heavy atom. The topological polar surface area (TPSA) is 68.0 Å². The van der Waals surface area contributed by atoms with Crippen LogP contribution >= 0.6 is 11.3 Å². The van der Waals surface area contributed by atoms with Gasteiger partial charge in [-0.15, -0.1) is 11.3 Å². The summed E-state index contributed by atoms with van der Waals surface area (Å²) in [6.07, 6.45) is 3.84. The van der Waals surface area contributed by atoms with Crippen LogP contribution < -0.4 is 5.32 Å². The zero-order chi connectivity index (χ0) is 20.2. The molecule has 1 amide bonds. The average Bonchev–Trinajstić information content (AvgIpc) is 3.35. The van der Waals surface area contributed by atoms with E-state index < -0.39 is 0 Å². The normalized spacial score (nSPS) is 10.8. The number of halogens is 1. The molecule has 1 N–H and O–H groups in total. The number of thiazole rings is 1. The Bertz CT molecular complexity index is 1140. The number of anilines is 1. The number of aromatic nitrogens is 2. The molecule has 0 fully saturated rings. The highest BCUT2D eigenvalue weighted by atomic mass is 32.1. The summed E-state index contributed by atoms with van der Waals surface area (Å²) in [5.74, 6) is 0.0403. The van der Waals surface area contributed by atoms with Gasteiger partial charge in [0.25, 0.3) is 0 Å². The number of hydrogen-bond acceptors (Lipinski definition) is 5. The van der Waals surface area contributed by atoms with Gasteiger partial charge in [-0.25, -0.2) is 14.4 Å². The summed E-state index contributed by atoms with van der Waals surface area (Å²) < 4.78 is 19.1. The predicted molar refractivity (Wildman–Crippen MR) is 110 cm³/mol. The van der Waals surface area contributed by atoms with Crippen molar-refractivity contribution in [2.24, 2.45) is 0 Å². The molecule has 0 atom stereocenters. The van der Waals surface area contributed by atoms with E-state index in [0.717, 1.165) is 16.0 Å². The highest BCUT2D eigenvalue weighted by Crippen LogP contribution is 2.23. The summed E-state index contributed by atoms with van der Waals surface area (Å²) in [6.45, 7) is 1.73. The number of oxazole rings is 1. The van der Waals surface area contributed by atoms with E-state index in [1.165, 1.54) is 23.7 Å². The summed E-state index contributed by atoms with van der Waals surface area (Å²) in [5, 5.41) is 3.28. The van der Waals surface area contributed by atoms with Crippen molar-refractivity contribution >= 4 is 22.4 Å². The zero-order valence-corrected chi connectivity index (χ0v) is 16.5. The zero-order valence-electron chi connectivity index (χ0n) is 15.7. The number of benzene rings is 2. The molecule has 2 aromatic carbocycles. The lowest BCUT2D eigenvalue weighted by atomic mass is 10.1. The van der Waals surface area contributed by atoms with Crippen molar-refractivity contribution in [3.8, 4) is 11.5 Å². The first kappa shape index (κ1) is 19.0. The maximum atomic E-state index is 13.7. The van der Waals surface area contributed by atoms with Crippen LogP contribution in [0.15, 0.2) is 65.4 Å². The fraction of sp³-hybridized carbons (Fsp3) is 0.136. The highest BCUT2D eigenvalue weighted by Gasteiger charge is 2.12. The molecule has 2 aromatic heterocycles. The van der Waals surface area contributed by atoms with Gasteiger partial charge in [-0.1, -0.05) is 30.3 Å². The van der Waals surface area contributed by atoms with E-state index in [2.05, 4.69) is 15.3 Å². The first-order chi connectivity index (χ1) is 14.1. The van der Waals surface area contributed by atoms with Crippen molar-refractivity contribution in [3.05, 3.63) is 88.5 Å². The molecule has 0 unspecified atom stereocenters. The molecule has 7 heteroatoms. The molecule has 29 heavy (non-hydrogen) atoms. The van der Waals surface area contributed by atoms with Crippen LogP contribution in [0.1, 0.15) is 21.7 Å². The van der Waals surface area contributed by atoms with E-state index in [4.69, 9.17) is 4.42 Å². The SMILES string of the molecule is Cc1ccc(Cc2cnc(NC(=O)Cc3coc(-c4ccccc4)n3)s2)cc1F. The van der Waals surface area contributed by atoms with E-state index in [0.29, 0.717) is 28.7 Å². The van der Waals surface area contributed by atoms with E-state index in [1.807, 2.05) is 36.4 Å². The predicted octanol–water partition coefficient (Wildman–Crippen LogP) is 5.02. The third kappa shape index (κ3) is 4.75. The van der Waals surface area contributed by atoms with Crippen molar-refractivity contribution in [2.45, 2.75) is 19.8 Å². The minimum Gasteiger partial charge on any atom is -0.444 e. The van der Waals surface area contributed by atoms with Crippen molar-refractivity contribution in [3.63, 3.8) is 0 Å². The van der Waals surface area contributed by atoms with Crippen LogP contribution in [0.5, 0.6) is 0 Å². The number of carbonyl (C=O) groups excluding carboxylic acids is 1. The third-order valence-electron chi connectivity index (χ3n) is 4.33. The number of hydrogen-bond donors (Lipinski definition) is 1. The third-order valence-corrected chi connectivity index (χ3v) is 5.24. The molecule has 0 saturated carbocycles. The van der Waals surface area contributed by atoms with Gasteiger partial charge < -0.3 is 9.73 Å². The molecular weight excluding hydrogens is 389 g/mol. The molecule has 5 nitrogen and oxygen atoms in total. The smallest absolute Gasteiger partial charge is 0.232 e. The Kier molecular flexibility index (Phi) is 5.48. The van der Waals surface area contributed by atoms with E-state index in [9.17, 15) is 9.18 Å². The number of nitrogens with one attached hydrogen (secondary N) is 1. The molecule has 4 aromatic rings. The van der Waals surface area contributed by atoms with Crippen molar-refractivity contribution in [1.82, 2.24) is 9.97 Å². The summed E-state index contributed by atoms with van der Waals surface area (Å²) >= 11 is 1.37. The van der Waals surface area contributed by atoms with Gasteiger partial charge in [-0.05, 0) is 36.2 Å². The number of aryl methyl sites for hydroxylation is 1. The van der Waals surface area contributed by atoms with Gasteiger partial charge in [0.05, 0.1) is 12.1 Å². The summed E-state index contributed by atoms with van der Waals surface area (Å²) in [7, 11) is 0. The lowest BCUT2D eigenvalue weighted by Crippen LogP contribution is -2.14. The van der Waals surface area contributed by atoms with Crippen LogP contribution in [-0.4, -0.2) is 15.9 Å². The van der Waals surface area contributed by atoms with Crippen LogP contribution in [0.4, 0.5) is 9.52 Å². The van der Waals surface area contributed by atoms with Gasteiger partial charge in [0.15, 0.2) is 5.13 Å². The molecule has 0 aliphatic heterocycles. The Balaban J connectivity index is 1.36. The number of rotatable bonds is 6. The van der Waals surface area contributed by atoms with Crippen LogP contribution in [0.2, 0.25) is 0 Å². The fourth-order valence-electron chi connectivity index (χ4n) is 2.82. The maximum Gasteiger partial charge on any atom is 0.232 e. The van der Waals surface area contributed by atoms with Crippen LogP contribution in [0.25, 0.3) is 11.5 Å². The van der Waals surface area contributed by atoms with Crippen molar-refractivity contribution < 1.29 is 13.6 Å². The molecule has 146 valence electrons. The number of nitrogens with zero attached hydrogens (tertiary/aromatic N) is 2. The molecule has 0 spiro atoms. The lowest BCUT2D eigenvalue weighted by molar-refractivity contribution is -0.115. The molecule has 0 aliphatic rings. The second-order valence-electron chi connectivity index (χ2n) is 6.63. The van der Waals surface area contributed by atoms with Crippen LogP contribution in [0, 0.1) is 12.7 Å². The fourth-order valence-corrected chi connectivity index (χ4v) is 3.69. The van der Waals surface area contributed by atoms with Crippen molar-refractivity contribution in [2.75, 3.05) is 5.32 Å². The van der Waals surface area contributed by atoms with E-state index in [-0.39, 0.29) is 18.1 Å². The summed E-state index contributed by atoms with van der Waals surface area (Å²) in [4.78, 5) is 21.8. The highest BCUT2D eigenvalue weighted by molar-refractivity contribution is 7.15. The molecular formula is C22H18FN3O2S. The van der Waals surface area contributed by atoms with Crippen molar-refractivity contribution in [1.29, 1.82) is 0 Å². The van der Waals surface area contributed by atoms with Crippen LogP contribution in [0.3, 0.4) is 0 Å². The van der Waals surface area contributed by atoms with Gasteiger partial charge in [0.2, 0.25) is 11.8 Å². The largest absolute Gasteiger partial charge is 0.444 e. The number of amides is 1. The minimum absolute atomic E-state index is 0.0917. The Labute approximate surface area is 171 Å². The first-order valence-corrected chi connectivity index (χ1v) is 9.88. The van der Waals surface area contributed by atoms with Gasteiger partial charge in [-0.3, -0.25) is 4.79 Å². The molecule has 2 heterocycles. The second kappa shape index (κ2) is 8.36. The second-order valence-corrected chi connectivity index (χ2v) is 7.74. The Morgan fingerprint density at radius 1 is 1.21 bits per heavy atom. The molecule has 4 rings (SSSR count). The average molecular weight is 407 g/mol. The quantitative estimate of drug-likeness (QED) is 0.487. The summed E-state index contributed by atoms with van der Waals surface area (Å²) in [6, 6.07) is 14.7. The van der Waals surface area contributed by atoms with Gasteiger partial charge >= 0.3 is 0 Å². The van der Waals surface area contributed by atoms with Crippen LogP contribution in [-0.2, 0) is 17.6 Å². The first-order valence-electron chi connectivity index (χ1n) is 9.06. The van der Waals surface area contributed by atoms with Gasteiger partial charge in [0.1, 0.15) is 12.1 Å². The Morgan fingerprint density at radius 2 is 2.03 bits per heavy atom.